The Morgan fingerprint density at radius 1 is 1.10 bits per heavy atom. The molecule has 0 bridgehead atoms. The average molecular weight is 415 g/mol. The lowest BCUT2D eigenvalue weighted by molar-refractivity contribution is -0.135. The second kappa shape index (κ2) is 10.5. The number of Topliss-reactive ketones (excluding diaryl/α,β-unsaturated/α-hetero) is 1. The summed E-state index contributed by atoms with van der Waals surface area (Å²) in [5, 5.41) is 14.4. The molecule has 0 saturated carbocycles. The van der Waals surface area contributed by atoms with Gasteiger partial charge in [0.05, 0.1) is 5.69 Å². The van der Waals surface area contributed by atoms with Crippen molar-refractivity contribution in [2.45, 2.75) is 19.4 Å². The highest BCUT2D eigenvalue weighted by Crippen LogP contribution is 2.25. The largest absolute Gasteiger partial charge is 0.388 e. The quantitative estimate of drug-likeness (QED) is 0.545. The van der Waals surface area contributed by atoms with Gasteiger partial charge in [0, 0.05) is 26.2 Å². The maximum absolute atomic E-state index is 14.3. The fraction of sp³-hybridized carbons (Fsp3) is 0.318. The summed E-state index contributed by atoms with van der Waals surface area (Å²) < 4.78 is 14.3. The van der Waals surface area contributed by atoms with Gasteiger partial charge >= 0.3 is 0 Å². The molecule has 0 aliphatic rings. The van der Waals surface area contributed by atoms with Gasteiger partial charge in [-0.15, -0.1) is 0 Å². The number of benzene rings is 2. The van der Waals surface area contributed by atoms with Gasteiger partial charge in [0.25, 0.3) is 5.91 Å². The molecule has 0 heterocycles. The van der Waals surface area contributed by atoms with Gasteiger partial charge < -0.3 is 20.6 Å². The molecule has 0 fully saturated rings. The van der Waals surface area contributed by atoms with Crippen LogP contribution >= 0.6 is 0 Å². The van der Waals surface area contributed by atoms with Crippen molar-refractivity contribution in [1.29, 1.82) is 0 Å². The molecule has 2 rings (SSSR count). The Bertz CT molecular complexity index is 899. The minimum atomic E-state index is -1.43. The highest BCUT2D eigenvalue weighted by molar-refractivity contribution is 6.10. The summed E-state index contributed by atoms with van der Waals surface area (Å²) in [6.07, 6.45) is 0.885. The van der Waals surface area contributed by atoms with E-state index < -0.39 is 30.2 Å². The monoisotopic (exact) mass is 415 g/mol. The fourth-order valence-corrected chi connectivity index (χ4v) is 2.99. The van der Waals surface area contributed by atoms with Crippen LogP contribution in [0.3, 0.4) is 0 Å². The van der Waals surface area contributed by atoms with Crippen LogP contribution in [0.15, 0.2) is 42.5 Å². The Morgan fingerprint density at radius 3 is 2.27 bits per heavy atom. The van der Waals surface area contributed by atoms with Crippen LogP contribution in [-0.4, -0.2) is 60.9 Å². The van der Waals surface area contributed by atoms with Crippen LogP contribution in [0.1, 0.15) is 23.7 Å². The number of nitrogens with one attached hydrogen (secondary N) is 2. The van der Waals surface area contributed by atoms with Crippen molar-refractivity contribution in [2.24, 2.45) is 0 Å². The van der Waals surface area contributed by atoms with E-state index in [2.05, 4.69) is 10.6 Å². The zero-order valence-electron chi connectivity index (χ0n) is 17.2. The minimum Gasteiger partial charge on any atom is -0.388 e. The molecule has 1 atom stereocenters. The maximum atomic E-state index is 14.3. The zero-order chi connectivity index (χ0) is 22.3. The number of halogens is 1. The van der Waals surface area contributed by atoms with Crippen LogP contribution in [-0.2, 0) is 9.59 Å². The number of aliphatic hydroxyl groups excluding tert-OH is 1. The molecule has 0 radical (unpaired) electrons. The van der Waals surface area contributed by atoms with Gasteiger partial charge in [-0.2, -0.15) is 0 Å². The van der Waals surface area contributed by atoms with Crippen molar-refractivity contribution < 1.29 is 23.9 Å². The molecule has 0 spiro atoms. The second-order valence-corrected chi connectivity index (χ2v) is 6.76. The van der Waals surface area contributed by atoms with Gasteiger partial charge in [-0.3, -0.25) is 14.4 Å². The first-order valence-corrected chi connectivity index (χ1v) is 9.60. The number of carbonyl (C=O) groups is 3. The van der Waals surface area contributed by atoms with Gasteiger partial charge in [-0.1, -0.05) is 25.1 Å². The lowest BCUT2D eigenvalue weighted by Gasteiger charge is -2.25. The van der Waals surface area contributed by atoms with Crippen molar-refractivity contribution in [2.75, 3.05) is 32.6 Å². The molecule has 2 aromatic carbocycles. The van der Waals surface area contributed by atoms with E-state index in [9.17, 15) is 18.8 Å². The Labute approximate surface area is 174 Å². The zero-order valence-corrected chi connectivity index (χ0v) is 17.2. The molecule has 0 saturated heterocycles. The molecule has 3 N–H and O–H groups in total. The van der Waals surface area contributed by atoms with Gasteiger partial charge in [0.1, 0.15) is 12.4 Å². The first-order chi connectivity index (χ1) is 14.3. The van der Waals surface area contributed by atoms with E-state index in [1.54, 1.807) is 36.4 Å². The molecule has 160 valence electrons. The maximum Gasteiger partial charge on any atom is 0.254 e. The van der Waals surface area contributed by atoms with Gasteiger partial charge in [0.15, 0.2) is 11.8 Å². The summed E-state index contributed by atoms with van der Waals surface area (Å²) in [5.41, 5.74) is 2.05. The summed E-state index contributed by atoms with van der Waals surface area (Å²) in [4.78, 5) is 37.6. The Kier molecular flexibility index (Phi) is 8.06. The third-order valence-electron chi connectivity index (χ3n) is 4.66. The number of hydrogen-bond donors (Lipinski definition) is 3. The number of amides is 2. The predicted molar refractivity (Wildman–Crippen MR) is 113 cm³/mol. The number of rotatable bonds is 9. The first kappa shape index (κ1) is 23.0. The molecule has 7 nitrogen and oxygen atoms in total. The van der Waals surface area contributed by atoms with E-state index in [0.29, 0.717) is 23.4 Å². The number of anilines is 1. The Morgan fingerprint density at radius 2 is 1.73 bits per heavy atom. The van der Waals surface area contributed by atoms with Crippen LogP contribution in [0.2, 0.25) is 0 Å². The molecule has 1 unspecified atom stereocenters. The molecule has 0 aliphatic heterocycles. The highest BCUT2D eigenvalue weighted by atomic mass is 19.1. The van der Waals surface area contributed by atoms with Crippen LogP contribution < -0.4 is 10.6 Å². The molecule has 0 aliphatic carbocycles. The molecule has 30 heavy (non-hydrogen) atoms. The van der Waals surface area contributed by atoms with Crippen LogP contribution in [0.25, 0.3) is 11.1 Å². The van der Waals surface area contributed by atoms with Crippen molar-refractivity contribution in [3.8, 4) is 11.1 Å². The number of hydrogen-bond acceptors (Lipinski definition) is 5. The normalized spacial score (nSPS) is 11.5. The topological polar surface area (TPSA) is 98.7 Å². The van der Waals surface area contributed by atoms with E-state index in [0.717, 1.165) is 11.3 Å². The third kappa shape index (κ3) is 5.21. The number of carbonyl (C=O) groups excluding carboxylic acids is 3. The first-order valence-electron chi connectivity index (χ1n) is 9.60. The predicted octanol–water partition coefficient (Wildman–Crippen LogP) is 2.06. The SMILES string of the molecule is CCCNc1ccc(-c2ccc(C(=O)N(C)C(C(=O)CO)C(=O)NC)cc2)cc1F. The molecular weight excluding hydrogens is 389 g/mol. The molecule has 2 amide bonds. The van der Waals surface area contributed by atoms with Gasteiger partial charge in [0.2, 0.25) is 5.91 Å². The van der Waals surface area contributed by atoms with E-state index in [-0.39, 0.29) is 11.4 Å². The van der Waals surface area contributed by atoms with Gasteiger partial charge in [-0.25, -0.2) is 4.39 Å². The lowest BCUT2D eigenvalue weighted by Crippen LogP contribution is -2.52. The van der Waals surface area contributed by atoms with Crippen LogP contribution in [0.4, 0.5) is 10.1 Å². The van der Waals surface area contributed by atoms with Crippen LogP contribution in [0, 0.1) is 5.82 Å². The second-order valence-electron chi connectivity index (χ2n) is 6.76. The minimum absolute atomic E-state index is 0.252. The summed E-state index contributed by atoms with van der Waals surface area (Å²) >= 11 is 0. The summed E-state index contributed by atoms with van der Waals surface area (Å²) in [7, 11) is 2.66. The average Bonchev–Trinajstić information content (AvgIpc) is 2.77. The molecular formula is C22H26FN3O4. The van der Waals surface area contributed by atoms with Crippen molar-refractivity contribution in [1.82, 2.24) is 10.2 Å². The fourth-order valence-electron chi connectivity index (χ4n) is 2.99. The number of likely N-dealkylation sites (N-methyl/N-ethyl adjacent to an activating group) is 2. The van der Waals surface area contributed by atoms with Crippen molar-refractivity contribution in [3.63, 3.8) is 0 Å². The summed E-state index contributed by atoms with van der Waals surface area (Å²) in [5.74, 6) is -2.39. The standard InChI is InChI=1S/C22H26FN3O4/c1-4-11-25-18-10-9-16(12-17(18)23)14-5-7-15(8-6-14)22(30)26(3)20(19(28)13-27)21(29)24-2/h5-10,12,20,25,27H,4,11,13H2,1-3H3,(H,24,29). The number of ketones is 1. The van der Waals surface area contributed by atoms with Gasteiger partial charge in [-0.05, 0) is 41.8 Å². The van der Waals surface area contributed by atoms with Crippen molar-refractivity contribution in [3.05, 3.63) is 53.8 Å². The lowest BCUT2D eigenvalue weighted by atomic mass is 10.0. The smallest absolute Gasteiger partial charge is 0.254 e. The van der Waals surface area contributed by atoms with Crippen LogP contribution in [0.5, 0.6) is 0 Å². The molecule has 0 aromatic heterocycles. The van der Waals surface area contributed by atoms with E-state index in [1.807, 2.05) is 6.92 Å². The van der Waals surface area contributed by atoms with E-state index in [4.69, 9.17) is 5.11 Å². The highest BCUT2D eigenvalue weighted by Gasteiger charge is 2.32. The number of nitrogens with zero attached hydrogens (tertiary/aromatic N) is 1. The summed E-state index contributed by atoms with van der Waals surface area (Å²) in [6, 6.07) is 9.86. The Balaban J connectivity index is 2.22. The molecule has 2 aromatic rings. The van der Waals surface area contributed by atoms with E-state index >= 15 is 0 Å². The summed E-state index contributed by atoms with van der Waals surface area (Å²) in [6.45, 7) is 1.82. The van der Waals surface area contributed by atoms with Crippen molar-refractivity contribution >= 4 is 23.3 Å². The third-order valence-corrected chi connectivity index (χ3v) is 4.66. The molecule has 8 heteroatoms. The van der Waals surface area contributed by atoms with E-state index in [1.165, 1.54) is 20.2 Å². The Hall–Kier alpha value is -3.26. The number of aliphatic hydroxyl groups is 1.